The van der Waals surface area contributed by atoms with E-state index in [1.54, 1.807) is 12.1 Å². The van der Waals surface area contributed by atoms with Crippen molar-refractivity contribution in [2.75, 3.05) is 0 Å². The molecule has 2 rings (SSSR count). The van der Waals surface area contributed by atoms with Crippen molar-refractivity contribution in [3.63, 3.8) is 0 Å². The standard InChI is InChI=1S/C7H6O2.C7H7.ClH.V/c8-7(9)6-4-2-1-3-5-6;1-7-5-3-2-4-6-7;;/h1-5H,(H,8,9);2-6H,1H2;1H;/q;;;+1/p-1. The number of hydrogen-bond donors (Lipinski definition) is 0. The first-order valence-electron chi connectivity index (χ1n) is 5.33. The molecule has 0 aliphatic carbocycles. The Hall–Kier alpha value is -1.22. The Kier molecular flexibility index (Phi) is 6.59. The van der Waals surface area contributed by atoms with Crippen molar-refractivity contribution in [3.05, 3.63) is 71.8 Å². The molecule has 0 radical (unpaired) electrons. The zero-order chi connectivity index (χ0) is 11.9. The zero-order valence-electron chi connectivity index (χ0n) is 9.65. The molecule has 93 valence electrons. The van der Waals surface area contributed by atoms with E-state index in [-0.39, 0.29) is 18.4 Å². The third kappa shape index (κ3) is 4.57. The molecule has 0 saturated carbocycles. The predicted molar refractivity (Wildman–Crippen MR) is 69.3 cm³/mol. The summed E-state index contributed by atoms with van der Waals surface area (Å²) in [5, 5.41) is 0.843. The first-order valence-corrected chi connectivity index (χ1v) is 6.89. The summed E-state index contributed by atoms with van der Waals surface area (Å²) < 4.78 is 5.29. The van der Waals surface area contributed by atoms with Gasteiger partial charge in [-0.05, 0) is 0 Å². The van der Waals surface area contributed by atoms with Gasteiger partial charge in [-0.1, -0.05) is 0 Å². The van der Waals surface area contributed by atoms with Crippen LogP contribution in [-0.2, 0) is 25.4 Å². The molecule has 0 spiro atoms. The van der Waals surface area contributed by atoms with Crippen LogP contribution in [0.5, 0.6) is 0 Å². The Bertz CT molecular complexity index is 474. The van der Waals surface area contributed by atoms with Gasteiger partial charge in [0.1, 0.15) is 0 Å². The first-order chi connectivity index (χ1) is 8.36. The number of carbonyl (C=O) groups is 1. The van der Waals surface area contributed by atoms with Crippen molar-refractivity contribution in [3.8, 4) is 0 Å². The molecule has 0 heterocycles. The molecule has 0 bridgehead atoms. The van der Waals surface area contributed by atoms with E-state index in [1.807, 2.05) is 48.5 Å². The molecule has 0 unspecified atom stereocenters. The van der Waals surface area contributed by atoms with Crippen molar-refractivity contribution in [1.29, 1.82) is 0 Å². The van der Waals surface area contributed by atoms with Gasteiger partial charge in [0.15, 0.2) is 0 Å². The second-order valence-electron chi connectivity index (χ2n) is 3.52. The van der Waals surface area contributed by atoms with Crippen LogP contribution in [0.15, 0.2) is 60.7 Å². The van der Waals surface area contributed by atoms with Crippen molar-refractivity contribution < 1.29 is 25.1 Å². The molecule has 4 heteroatoms. The van der Waals surface area contributed by atoms with Gasteiger partial charge in [0.25, 0.3) is 0 Å². The van der Waals surface area contributed by atoms with E-state index in [2.05, 4.69) is 0 Å². The van der Waals surface area contributed by atoms with Crippen LogP contribution in [0.3, 0.4) is 0 Å². The average Bonchev–Trinajstić information content (AvgIpc) is 2.41. The number of rotatable bonds is 4. The van der Waals surface area contributed by atoms with Crippen LogP contribution in [0.25, 0.3) is 0 Å². The van der Waals surface area contributed by atoms with Gasteiger partial charge >= 0.3 is 108 Å². The number of benzene rings is 2. The van der Waals surface area contributed by atoms with Gasteiger partial charge in [-0.15, -0.1) is 12.4 Å². The number of hydrogen-bond acceptors (Lipinski definition) is 2. The van der Waals surface area contributed by atoms with Crippen molar-refractivity contribution in [2.45, 2.75) is 5.13 Å². The average molecular weight is 300 g/mol. The molecule has 2 nitrogen and oxygen atoms in total. The third-order valence-electron chi connectivity index (χ3n) is 2.25. The van der Waals surface area contributed by atoms with Crippen LogP contribution in [0.2, 0.25) is 0 Å². The van der Waals surface area contributed by atoms with Gasteiger partial charge in [-0.3, -0.25) is 0 Å². The molecule has 0 saturated heterocycles. The summed E-state index contributed by atoms with van der Waals surface area (Å²) in [5.74, 6) is -0.221. The molecular weight excluding hydrogens is 287 g/mol. The van der Waals surface area contributed by atoms with Gasteiger partial charge in [-0.2, -0.15) is 0 Å². The monoisotopic (exact) mass is 299 g/mol. The van der Waals surface area contributed by atoms with Crippen LogP contribution in [0.1, 0.15) is 15.9 Å². The first kappa shape index (κ1) is 14.8. The second kappa shape index (κ2) is 7.99. The van der Waals surface area contributed by atoms with Crippen LogP contribution in [-0.4, -0.2) is 5.97 Å². The Balaban J connectivity index is 0.00000162. The molecule has 0 aliphatic heterocycles. The Morgan fingerprint density at radius 1 is 0.944 bits per heavy atom. The SMILES string of the molecule is Cl.O=C([O][V][CH2]c1ccccc1)c1ccccc1. The van der Waals surface area contributed by atoms with Gasteiger partial charge in [0.05, 0.1) is 0 Å². The summed E-state index contributed by atoms with van der Waals surface area (Å²) in [5.41, 5.74) is 1.84. The molecule has 0 aromatic heterocycles. The fourth-order valence-corrected chi connectivity index (χ4v) is 2.39. The molecule has 0 fully saturated rings. The summed E-state index contributed by atoms with van der Waals surface area (Å²) >= 11 is -0.424. The topological polar surface area (TPSA) is 26.3 Å². The predicted octanol–water partition coefficient (Wildman–Crippen LogP) is 3.46. The third-order valence-corrected chi connectivity index (χ3v) is 3.48. The second-order valence-corrected chi connectivity index (χ2v) is 4.70. The minimum atomic E-state index is -0.424. The summed E-state index contributed by atoms with van der Waals surface area (Å²) in [6.07, 6.45) is 0. The summed E-state index contributed by atoms with van der Waals surface area (Å²) in [6, 6.07) is 19.2. The van der Waals surface area contributed by atoms with Gasteiger partial charge in [0.2, 0.25) is 0 Å². The Morgan fingerprint density at radius 2 is 1.50 bits per heavy atom. The quantitative estimate of drug-likeness (QED) is 0.864. The molecule has 0 atom stereocenters. The van der Waals surface area contributed by atoms with Gasteiger partial charge in [0, 0.05) is 0 Å². The molecule has 18 heavy (non-hydrogen) atoms. The fourth-order valence-electron chi connectivity index (χ4n) is 1.38. The van der Waals surface area contributed by atoms with Crippen LogP contribution >= 0.6 is 12.4 Å². The maximum atomic E-state index is 11.6. The van der Waals surface area contributed by atoms with Gasteiger partial charge < -0.3 is 0 Å². The molecule has 0 amide bonds. The maximum absolute atomic E-state index is 11.6. The van der Waals surface area contributed by atoms with Crippen LogP contribution in [0.4, 0.5) is 0 Å². The normalized spacial score (nSPS) is 9.11. The summed E-state index contributed by atoms with van der Waals surface area (Å²) in [6.45, 7) is 0. The fraction of sp³-hybridized carbons (Fsp3) is 0.0714. The van der Waals surface area contributed by atoms with E-state index in [0.29, 0.717) is 5.56 Å². The number of carbonyl (C=O) groups excluding carboxylic acids is 1. The molecule has 0 N–H and O–H groups in total. The molecular formula is C14H13ClO2V. The van der Waals surface area contributed by atoms with Crippen molar-refractivity contribution in [1.82, 2.24) is 0 Å². The van der Waals surface area contributed by atoms with Crippen LogP contribution < -0.4 is 0 Å². The zero-order valence-corrected chi connectivity index (χ0v) is 11.9. The molecule has 2 aromatic carbocycles. The molecule has 2 aromatic rings. The van der Waals surface area contributed by atoms with Crippen LogP contribution in [0, 0.1) is 0 Å². The van der Waals surface area contributed by atoms with Crippen molar-refractivity contribution in [2.24, 2.45) is 0 Å². The van der Waals surface area contributed by atoms with E-state index < -0.39 is 16.6 Å². The van der Waals surface area contributed by atoms with E-state index in [9.17, 15) is 4.79 Å². The molecule has 0 aliphatic rings. The minimum absolute atomic E-state index is 0. The van der Waals surface area contributed by atoms with E-state index in [4.69, 9.17) is 3.66 Å². The van der Waals surface area contributed by atoms with E-state index >= 15 is 0 Å². The summed E-state index contributed by atoms with van der Waals surface area (Å²) in [7, 11) is 0. The Morgan fingerprint density at radius 3 is 2.11 bits per heavy atom. The van der Waals surface area contributed by atoms with E-state index in [0.717, 1.165) is 5.13 Å². The Labute approximate surface area is 120 Å². The van der Waals surface area contributed by atoms with E-state index in [1.165, 1.54) is 5.56 Å². The number of halogens is 1. The summed E-state index contributed by atoms with van der Waals surface area (Å²) in [4.78, 5) is 11.6. The van der Waals surface area contributed by atoms with Gasteiger partial charge in [-0.25, -0.2) is 0 Å². The van der Waals surface area contributed by atoms with Crippen molar-refractivity contribution >= 4 is 18.4 Å².